The smallest absolute Gasteiger partial charge is 0.311 e. The second-order valence-electron chi connectivity index (χ2n) is 3.07. The van der Waals surface area contributed by atoms with Crippen molar-refractivity contribution in [3.8, 4) is 11.5 Å². The average molecular weight is 224 g/mol. The third-order valence-corrected chi connectivity index (χ3v) is 1.81. The number of Topliss-reactive ketones (excluding diaryl/α,β-unsaturated/α-hetero) is 1. The summed E-state index contributed by atoms with van der Waals surface area (Å²) >= 11 is 0. The fraction of sp³-hybridized carbons (Fsp3) is 0.273. The highest BCUT2D eigenvalue weighted by Crippen LogP contribution is 2.16. The molecule has 0 aliphatic rings. The molecule has 1 N–H and O–H groups in total. The second-order valence-corrected chi connectivity index (χ2v) is 3.07. The van der Waals surface area contributed by atoms with Gasteiger partial charge in [-0.25, -0.2) is 0 Å². The van der Waals surface area contributed by atoms with Crippen LogP contribution in [0.1, 0.15) is 6.42 Å². The number of hydrogen-bond acceptors (Lipinski definition) is 4. The molecule has 0 aliphatic heterocycles. The van der Waals surface area contributed by atoms with E-state index in [4.69, 9.17) is 14.6 Å². The number of ketones is 1. The molecule has 86 valence electrons. The predicted octanol–water partition coefficient (Wildman–Crippen LogP) is 1.12. The highest BCUT2D eigenvalue weighted by Gasteiger charge is 2.08. The molecule has 0 aliphatic carbocycles. The first-order valence-electron chi connectivity index (χ1n) is 4.62. The van der Waals surface area contributed by atoms with Gasteiger partial charge in [0.25, 0.3) is 0 Å². The molecule has 5 heteroatoms. The van der Waals surface area contributed by atoms with Crippen molar-refractivity contribution in [3.05, 3.63) is 24.3 Å². The van der Waals surface area contributed by atoms with Gasteiger partial charge in [0.05, 0.1) is 7.11 Å². The van der Waals surface area contributed by atoms with Crippen LogP contribution in [0, 0.1) is 0 Å². The van der Waals surface area contributed by atoms with Crippen LogP contribution in [-0.2, 0) is 9.59 Å². The van der Waals surface area contributed by atoms with Crippen LogP contribution in [0.25, 0.3) is 0 Å². The molecule has 1 aromatic carbocycles. The Balaban J connectivity index is 2.42. The van der Waals surface area contributed by atoms with Crippen molar-refractivity contribution in [2.24, 2.45) is 0 Å². The maximum Gasteiger partial charge on any atom is 0.311 e. The molecule has 1 rings (SSSR count). The van der Waals surface area contributed by atoms with E-state index in [0.717, 1.165) is 0 Å². The largest absolute Gasteiger partial charge is 0.497 e. The minimum absolute atomic E-state index is 0.237. The Hall–Kier alpha value is -2.04. The molecule has 0 aromatic heterocycles. The summed E-state index contributed by atoms with van der Waals surface area (Å²) in [7, 11) is 1.55. The summed E-state index contributed by atoms with van der Waals surface area (Å²) in [5.74, 6) is -0.435. The molecule has 0 fully saturated rings. The molecule has 0 amide bonds. The fourth-order valence-electron chi connectivity index (χ4n) is 1.06. The van der Waals surface area contributed by atoms with Crippen LogP contribution in [0.2, 0.25) is 0 Å². The number of ether oxygens (including phenoxy) is 2. The maximum absolute atomic E-state index is 11.0. The van der Waals surface area contributed by atoms with Crippen molar-refractivity contribution < 1.29 is 24.2 Å². The molecular formula is C11H12O5. The lowest BCUT2D eigenvalue weighted by molar-refractivity contribution is -0.140. The zero-order chi connectivity index (χ0) is 12.0. The van der Waals surface area contributed by atoms with Gasteiger partial charge in [0.15, 0.2) is 5.78 Å². The first kappa shape index (κ1) is 12.0. The van der Waals surface area contributed by atoms with Crippen LogP contribution < -0.4 is 9.47 Å². The van der Waals surface area contributed by atoms with Gasteiger partial charge in [-0.05, 0) is 24.3 Å². The first-order valence-corrected chi connectivity index (χ1v) is 4.62. The van der Waals surface area contributed by atoms with E-state index < -0.39 is 18.2 Å². The van der Waals surface area contributed by atoms with E-state index in [1.54, 1.807) is 31.4 Å². The fourth-order valence-corrected chi connectivity index (χ4v) is 1.06. The molecule has 5 nitrogen and oxygen atoms in total. The SMILES string of the molecule is COc1ccc(OCC(=O)CC(=O)O)cc1. The van der Waals surface area contributed by atoms with Crippen LogP contribution >= 0.6 is 0 Å². The standard InChI is InChI=1S/C11H12O5/c1-15-9-2-4-10(5-3-9)16-7-8(12)6-11(13)14/h2-5H,6-7H2,1H3,(H,13,14). The summed E-state index contributed by atoms with van der Waals surface area (Å²) < 4.78 is 10.0. The Morgan fingerprint density at radius 2 is 1.75 bits per heavy atom. The number of rotatable bonds is 6. The number of benzene rings is 1. The predicted molar refractivity (Wildman–Crippen MR) is 55.7 cm³/mol. The Labute approximate surface area is 92.6 Å². The highest BCUT2D eigenvalue weighted by atomic mass is 16.5. The van der Waals surface area contributed by atoms with Crippen LogP contribution in [-0.4, -0.2) is 30.6 Å². The van der Waals surface area contributed by atoms with Gasteiger partial charge in [-0.15, -0.1) is 0 Å². The first-order chi connectivity index (χ1) is 7.61. The van der Waals surface area contributed by atoms with Gasteiger partial charge >= 0.3 is 5.97 Å². The van der Waals surface area contributed by atoms with E-state index in [1.807, 2.05) is 0 Å². The molecule has 16 heavy (non-hydrogen) atoms. The molecule has 0 saturated carbocycles. The third-order valence-electron chi connectivity index (χ3n) is 1.81. The zero-order valence-corrected chi connectivity index (χ0v) is 8.80. The third kappa shape index (κ3) is 4.00. The number of methoxy groups -OCH3 is 1. The molecule has 0 radical (unpaired) electrons. The van der Waals surface area contributed by atoms with Crippen molar-refractivity contribution >= 4 is 11.8 Å². The zero-order valence-electron chi connectivity index (χ0n) is 8.80. The van der Waals surface area contributed by atoms with Crippen LogP contribution in [0.3, 0.4) is 0 Å². The summed E-state index contributed by atoms with van der Waals surface area (Å²) in [6.45, 7) is -0.237. The summed E-state index contributed by atoms with van der Waals surface area (Å²) in [4.78, 5) is 21.2. The van der Waals surface area contributed by atoms with Crippen molar-refractivity contribution in [1.29, 1.82) is 0 Å². The van der Waals surface area contributed by atoms with Gasteiger partial charge in [-0.3, -0.25) is 9.59 Å². The Bertz CT molecular complexity index is 368. The summed E-state index contributed by atoms with van der Waals surface area (Å²) in [6, 6.07) is 6.67. The van der Waals surface area contributed by atoms with E-state index in [0.29, 0.717) is 11.5 Å². The topological polar surface area (TPSA) is 72.8 Å². The monoisotopic (exact) mass is 224 g/mol. The summed E-state index contributed by atoms with van der Waals surface area (Å²) in [6.07, 6.45) is -0.518. The van der Waals surface area contributed by atoms with Gasteiger partial charge in [0.2, 0.25) is 0 Å². The van der Waals surface area contributed by atoms with E-state index >= 15 is 0 Å². The van der Waals surface area contributed by atoms with Crippen molar-refractivity contribution in [2.45, 2.75) is 6.42 Å². The molecule has 0 unspecified atom stereocenters. The quantitative estimate of drug-likeness (QED) is 0.733. The van der Waals surface area contributed by atoms with E-state index in [9.17, 15) is 9.59 Å². The van der Waals surface area contributed by atoms with Gasteiger partial charge in [-0.1, -0.05) is 0 Å². The van der Waals surface area contributed by atoms with E-state index in [1.165, 1.54) is 0 Å². The summed E-state index contributed by atoms with van der Waals surface area (Å²) in [5.41, 5.74) is 0. The highest BCUT2D eigenvalue weighted by molar-refractivity contribution is 5.95. The Morgan fingerprint density at radius 3 is 2.25 bits per heavy atom. The molecular weight excluding hydrogens is 212 g/mol. The average Bonchev–Trinajstić information content (AvgIpc) is 2.26. The molecule has 0 spiro atoms. The number of carbonyl (C=O) groups is 2. The van der Waals surface area contributed by atoms with Gasteiger partial charge in [-0.2, -0.15) is 0 Å². The number of aliphatic carboxylic acids is 1. The minimum atomic E-state index is -1.15. The van der Waals surface area contributed by atoms with Crippen LogP contribution in [0.15, 0.2) is 24.3 Å². The van der Waals surface area contributed by atoms with Gasteiger partial charge in [0.1, 0.15) is 24.5 Å². The van der Waals surface area contributed by atoms with Crippen molar-refractivity contribution in [3.63, 3.8) is 0 Å². The minimum Gasteiger partial charge on any atom is -0.497 e. The summed E-state index contributed by atoms with van der Waals surface area (Å²) in [5, 5.41) is 8.36. The lowest BCUT2D eigenvalue weighted by Crippen LogP contribution is -2.15. The number of hydrogen-bond donors (Lipinski definition) is 1. The molecule has 1 aromatic rings. The van der Waals surface area contributed by atoms with Crippen LogP contribution in [0.4, 0.5) is 0 Å². The lowest BCUT2D eigenvalue weighted by atomic mass is 10.3. The van der Waals surface area contributed by atoms with Gasteiger partial charge in [0, 0.05) is 0 Å². The number of carbonyl (C=O) groups excluding carboxylic acids is 1. The number of carboxylic acid groups (broad SMARTS) is 1. The molecule has 0 bridgehead atoms. The number of carboxylic acids is 1. The van der Waals surface area contributed by atoms with Gasteiger partial charge < -0.3 is 14.6 Å². The van der Waals surface area contributed by atoms with E-state index in [2.05, 4.69) is 0 Å². The lowest BCUT2D eigenvalue weighted by Gasteiger charge is -2.05. The van der Waals surface area contributed by atoms with Crippen LogP contribution in [0.5, 0.6) is 11.5 Å². The molecule has 0 heterocycles. The van der Waals surface area contributed by atoms with E-state index in [-0.39, 0.29) is 6.61 Å². The Morgan fingerprint density at radius 1 is 1.19 bits per heavy atom. The van der Waals surface area contributed by atoms with Crippen molar-refractivity contribution in [2.75, 3.05) is 13.7 Å². The Kier molecular flexibility index (Phi) is 4.32. The molecule has 0 saturated heterocycles. The maximum atomic E-state index is 11.0. The normalized spacial score (nSPS) is 9.56. The molecule has 0 atom stereocenters. The second kappa shape index (κ2) is 5.75. The van der Waals surface area contributed by atoms with Crippen molar-refractivity contribution in [1.82, 2.24) is 0 Å².